The number of β-lactam (4-membered cyclic amide) rings is 1. The van der Waals surface area contributed by atoms with Crippen LogP contribution in [0.2, 0.25) is 0 Å². The number of nitrogens with two attached hydrogens (primary N) is 1. The number of thioether (sulfide) groups is 1. The van der Waals surface area contributed by atoms with Gasteiger partial charge in [0.2, 0.25) is 6.61 Å². The van der Waals surface area contributed by atoms with Crippen molar-refractivity contribution >= 4 is 57.7 Å². The van der Waals surface area contributed by atoms with Gasteiger partial charge >= 0.3 is 11.9 Å². The van der Waals surface area contributed by atoms with Crippen LogP contribution in [-0.4, -0.2) is 84.3 Å². The van der Waals surface area contributed by atoms with E-state index in [1.54, 1.807) is 0 Å². The first-order chi connectivity index (χ1) is 14.2. The zero-order valence-electron chi connectivity index (χ0n) is 16.1. The van der Waals surface area contributed by atoms with E-state index in [-0.39, 0.29) is 33.2 Å². The molecule has 1 fully saturated rings. The molecule has 32 heavy (non-hydrogen) atoms. The summed E-state index contributed by atoms with van der Waals surface area (Å²) in [6.45, 7) is 2.77. The van der Waals surface area contributed by atoms with Crippen LogP contribution in [0, 0.1) is 0 Å². The summed E-state index contributed by atoms with van der Waals surface area (Å²) in [6, 6.07) is -1.01. The minimum absolute atomic E-state index is 0. The molecule has 174 valence electrons. The number of aromatic nitrogens is 1. The number of carbonyl (C=O) groups excluding carboxylic acids is 2. The van der Waals surface area contributed by atoms with Crippen LogP contribution in [0.1, 0.15) is 5.69 Å². The summed E-state index contributed by atoms with van der Waals surface area (Å²) < 4.78 is 0. The Bertz CT molecular complexity index is 1010. The van der Waals surface area contributed by atoms with Crippen molar-refractivity contribution in [1.82, 2.24) is 15.2 Å². The lowest BCUT2D eigenvalue weighted by atomic mass is 10.0. The number of carbonyl (C=O) groups is 4. The van der Waals surface area contributed by atoms with Crippen molar-refractivity contribution in [3.05, 3.63) is 35.0 Å². The molecule has 16 heteroatoms. The molecule has 1 saturated heterocycles. The van der Waals surface area contributed by atoms with E-state index in [1.807, 2.05) is 0 Å². The third-order valence-electron chi connectivity index (χ3n) is 4.06. The predicted octanol–water partition coefficient (Wildman–Crippen LogP) is -2.19. The minimum atomic E-state index is -1.30. The molecule has 2 atom stereocenters. The highest BCUT2D eigenvalue weighted by Gasteiger charge is 2.54. The molecule has 2 amide bonds. The minimum Gasteiger partial charge on any atom is -0.479 e. The lowest BCUT2D eigenvalue weighted by molar-refractivity contribution is -0.150. The van der Waals surface area contributed by atoms with E-state index >= 15 is 0 Å². The molecule has 1 aromatic heterocycles. The van der Waals surface area contributed by atoms with Gasteiger partial charge in [-0.1, -0.05) is 17.8 Å². The van der Waals surface area contributed by atoms with Crippen molar-refractivity contribution in [2.75, 3.05) is 18.1 Å². The van der Waals surface area contributed by atoms with E-state index in [0.717, 1.165) is 16.2 Å². The fraction of sp³-hybridized carbons (Fsp3) is 0.250. The third-order valence-corrected chi connectivity index (χ3v) is 6.03. The lowest BCUT2D eigenvalue weighted by Crippen LogP contribution is -2.71. The number of allylic oxidation sites excluding steroid dienone is 1. The van der Waals surface area contributed by atoms with Crippen LogP contribution in [0.4, 0.5) is 5.13 Å². The number of fused-ring (bicyclic) bond motifs is 1. The van der Waals surface area contributed by atoms with Crippen LogP contribution in [0.5, 0.6) is 0 Å². The van der Waals surface area contributed by atoms with Gasteiger partial charge in [0.05, 0.1) is 0 Å². The molecule has 0 saturated carbocycles. The van der Waals surface area contributed by atoms with E-state index in [0.29, 0.717) is 11.3 Å². The number of aliphatic carboxylic acids is 2. The first-order valence-electron chi connectivity index (χ1n) is 8.22. The maximum Gasteiger partial charge on any atom is 0.352 e. The Hall–Kier alpha value is -3.47. The second kappa shape index (κ2) is 10.7. The molecule has 0 aliphatic carbocycles. The number of anilines is 1. The van der Waals surface area contributed by atoms with Gasteiger partial charge in [0.25, 0.3) is 11.8 Å². The average Bonchev–Trinajstić information content (AvgIpc) is 3.13. The number of hydrogen-bond donors (Lipinski definition) is 4. The number of thiazole rings is 1. The normalized spacial score (nSPS) is 19.6. The van der Waals surface area contributed by atoms with Crippen LogP contribution in [0.15, 0.2) is 34.5 Å². The Labute approximate surface area is 188 Å². The van der Waals surface area contributed by atoms with Gasteiger partial charge in [-0.3, -0.25) is 14.5 Å². The van der Waals surface area contributed by atoms with Crippen molar-refractivity contribution in [2.45, 2.75) is 11.4 Å². The van der Waals surface area contributed by atoms with E-state index < -0.39 is 41.8 Å². The lowest BCUT2D eigenvalue weighted by Gasteiger charge is -2.49. The summed E-state index contributed by atoms with van der Waals surface area (Å²) in [7, 11) is 0. The highest BCUT2D eigenvalue weighted by atomic mass is 32.2. The van der Waals surface area contributed by atoms with Crippen molar-refractivity contribution in [2.24, 2.45) is 5.16 Å². The summed E-state index contributed by atoms with van der Waals surface area (Å²) in [6.07, 6.45) is 1.38. The van der Waals surface area contributed by atoms with Gasteiger partial charge in [0.15, 0.2) is 10.8 Å². The quantitative estimate of drug-likeness (QED) is 0.174. The molecule has 14 nitrogen and oxygen atoms in total. The highest BCUT2D eigenvalue weighted by molar-refractivity contribution is 8.00. The Morgan fingerprint density at radius 1 is 1.41 bits per heavy atom. The number of rotatable bonds is 8. The van der Waals surface area contributed by atoms with Gasteiger partial charge in [-0.15, -0.1) is 23.1 Å². The maximum absolute atomic E-state index is 12.7. The topological polar surface area (TPSA) is 248 Å². The van der Waals surface area contributed by atoms with Crippen LogP contribution in [0.25, 0.3) is 0 Å². The second-order valence-electron chi connectivity index (χ2n) is 5.92. The van der Waals surface area contributed by atoms with Crippen molar-refractivity contribution in [3.8, 4) is 0 Å². The Morgan fingerprint density at radius 3 is 2.62 bits per heavy atom. The fourth-order valence-corrected chi connectivity index (χ4v) is 4.65. The van der Waals surface area contributed by atoms with Crippen molar-refractivity contribution in [3.63, 3.8) is 0 Å². The number of carboxylic acids is 2. The summed E-state index contributed by atoms with van der Waals surface area (Å²) in [4.78, 5) is 57.1. The second-order valence-corrected chi connectivity index (χ2v) is 7.92. The summed E-state index contributed by atoms with van der Waals surface area (Å²) in [5.74, 6) is -3.72. The summed E-state index contributed by atoms with van der Waals surface area (Å²) in [5, 5.41) is 25.0. The summed E-state index contributed by atoms with van der Waals surface area (Å²) in [5.41, 5.74) is 5.48. The number of carboxylic acid groups (broad SMARTS) is 2. The molecule has 0 radical (unpaired) electrons. The molecular formula is C16H19N5O9S2. The van der Waals surface area contributed by atoms with Gasteiger partial charge in [-0.05, 0) is 5.57 Å². The van der Waals surface area contributed by atoms with E-state index in [9.17, 15) is 24.3 Å². The van der Waals surface area contributed by atoms with Crippen LogP contribution in [0.3, 0.4) is 0 Å². The van der Waals surface area contributed by atoms with Gasteiger partial charge in [0, 0.05) is 11.1 Å². The molecule has 3 heterocycles. The van der Waals surface area contributed by atoms with Gasteiger partial charge < -0.3 is 37.1 Å². The maximum atomic E-state index is 12.7. The van der Waals surface area contributed by atoms with E-state index in [4.69, 9.17) is 10.8 Å². The number of nitrogens with zero attached hydrogens (tertiary/aromatic N) is 3. The molecule has 0 bridgehead atoms. The molecule has 0 unspecified atom stereocenters. The SMILES string of the molecule is C=CC1=C(C(=O)O)N2C(=O)[C@@H](NC(=O)/C(=N\OCC(=O)O)c3csc(N)n3)[C@H]2SC1.O.O. The smallest absolute Gasteiger partial charge is 0.352 e. The molecular weight excluding hydrogens is 470 g/mol. The molecule has 9 N–H and O–H groups in total. The van der Waals surface area contributed by atoms with Crippen LogP contribution in [-0.2, 0) is 24.0 Å². The standard InChI is InChI=1S/C16H15N5O7S2.2H2O/c1-2-6-4-29-14-10(13(25)21(14)11(6)15(26)27)19-12(24)9(20-28-3-8(22)23)7-5-30-16(17)18-7;;/h2,5,10,14H,1,3-4H2,(H2,17,18)(H,19,24)(H,22,23)(H,26,27);2*1H2/b20-9-;;/t10-,14-;;/m1../s1. The monoisotopic (exact) mass is 489 g/mol. The first-order valence-corrected chi connectivity index (χ1v) is 10.1. The highest BCUT2D eigenvalue weighted by Crippen LogP contribution is 2.40. The zero-order valence-corrected chi connectivity index (χ0v) is 17.7. The van der Waals surface area contributed by atoms with E-state index in [1.165, 1.54) is 23.2 Å². The first kappa shape index (κ1) is 26.6. The molecule has 0 aromatic carbocycles. The Balaban J connectivity index is 0.00000256. The third kappa shape index (κ3) is 5.05. The Morgan fingerprint density at radius 2 is 2.09 bits per heavy atom. The molecule has 2 aliphatic heterocycles. The van der Waals surface area contributed by atoms with Gasteiger partial charge in [-0.2, -0.15) is 0 Å². The fourth-order valence-electron chi connectivity index (χ4n) is 2.76. The van der Waals surface area contributed by atoms with Gasteiger partial charge in [-0.25, -0.2) is 14.6 Å². The molecule has 2 aliphatic rings. The van der Waals surface area contributed by atoms with Crippen LogP contribution < -0.4 is 11.1 Å². The largest absolute Gasteiger partial charge is 0.479 e. The van der Waals surface area contributed by atoms with Gasteiger partial charge in [0.1, 0.15) is 22.8 Å². The number of oxime groups is 1. The Kier molecular flexibility index (Phi) is 8.89. The average molecular weight is 489 g/mol. The summed E-state index contributed by atoms with van der Waals surface area (Å²) >= 11 is 2.30. The molecule has 1 aromatic rings. The number of nitrogens with one attached hydrogen (secondary N) is 1. The van der Waals surface area contributed by atoms with Crippen molar-refractivity contribution < 1.29 is 45.2 Å². The number of nitrogen functional groups attached to an aromatic ring is 1. The predicted molar refractivity (Wildman–Crippen MR) is 114 cm³/mol. The van der Waals surface area contributed by atoms with Crippen molar-refractivity contribution in [1.29, 1.82) is 0 Å². The molecule has 3 rings (SSSR count). The van der Waals surface area contributed by atoms with Crippen LogP contribution >= 0.6 is 23.1 Å². The zero-order chi connectivity index (χ0) is 22.0. The van der Waals surface area contributed by atoms with E-state index in [2.05, 4.69) is 26.9 Å². The molecule has 0 spiro atoms. The number of amides is 2. The number of hydrogen-bond acceptors (Lipinski definition) is 10.